The molecule has 4 rings (SSSR count). The Kier molecular flexibility index (Phi) is 4.38. The minimum Gasteiger partial charge on any atom is -0.355 e. The Balaban J connectivity index is 1.51. The number of benzene rings is 3. The highest BCUT2D eigenvalue weighted by Crippen LogP contribution is 2.26. The fourth-order valence-electron chi connectivity index (χ4n) is 3.11. The summed E-state index contributed by atoms with van der Waals surface area (Å²) in [4.78, 5) is 15.8. The number of carbonyl (C=O) groups excluding carboxylic acids is 1. The van der Waals surface area contributed by atoms with Gasteiger partial charge in [-0.15, -0.1) is 0 Å². The van der Waals surface area contributed by atoms with Crippen molar-refractivity contribution in [3.8, 4) is 11.3 Å². The number of H-pyrrole nitrogens is 1. The van der Waals surface area contributed by atoms with Gasteiger partial charge in [-0.3, -0.25) is 0 Å². The molecule has 0 bridgehead atoms. The van der Waals surface area contributed by atoms with Gasteiger partial charge in [0.1, 0.15) is 0 Å². The van der Waals surface area contributed by atoms with Crippen LogP contribution in [0.5, 0.6) is 0 Å². The molecule has 1 aromatic heterocycles. The van der Waals surface area contributed by atoms with Crippen molar-refractivity contribution in [2.45, 2.75) is 13.8 Å². The first-order valence-electron chi connectivity index (χ1n) is 8.92. The van der Waals surface area contributed by atoms with Gasteiger partial charge in [-0.05, 0) is 61.4 Å². The zero-order valence-electron chi connectivity index (χ0n) is 15.3. The summed E-state index contributed by atoms with van der Waals surface area (Å²) in [5.74, 6) is 0. The Morgan fingerprint density at radius 3 is 2.33 bits per heavy atom. The van der Waals surface area contributed by atoms with Crippen LogP contribution in [0.3, 0.4) is 0 Å². The van der Waals surface area contributed by atoms with E-state index < -0.39 is 0 Å². The summed E-state index contributed by atoms with van der Waals surface area (Å²) in [7, 11) is 0. The molecule has 0 aliphatic rings. The smallest absolute Gasteiger partial charge is 0.323 e. The van der Waals surface area contributed by atoms with E-state index in [2.05, 4.69) is 40.7 Å². The molecule has 3 aromatic carbocycles. The summed E-state index contributed by atoms with van der Waals surface area (Å²) in [6, 6.07) is 23.7. The lowest BCUT2D eigenvalue weighted by atomic mass is 10.1. The third-order valence-corrected chi connectivity index (χ3v) is 4.73. The number of urea groups is 1. The average Bonchev–Trinajstić information content (AvgIpc) is 3.09. The van der Waals surface area contributed by atoms with E-state index in [-0.39, 0.29) is 6.03 Å². The van der Waals surface area contributed by atoms with Crippen molar-refractivity contribution in [3.63, 3.8) is 0 Å². The van der Waals surface area contributed by atoms with E-state index in [0.717, 1.165) is 33.7 Å². The van der Waals surface area contributed by atoms with E-state index in [4.69, 9.17) is 0 Å². The molecule has 4 heteroatoms. The zero-order chi connectivity index (χ0) is 18.8. The Labute approximate surface area is 158 Å². The molecule has 0 spiro atoms. The fourth-order valence-corrected chi connectivity index (χ4v) is 3.11. The number of rotatable bonds is 3. The van der Waals surface area contributed by atoms with Gasteiger partial charge in [0.25, 0.3) is 0 Å². The van der Waals surface area contributed by atoms with Crippen LogP contribution < -0.4 is 10.6 Å². The largest absolute Gasteiger partial charge is 0.355 e. The van der Waals surface area contributed by atoms with Crippen LogP contribution in [0.2, 0.25) is 0 Å². The molecule has 2 amide bonds. The maximum Gasteiger partial charge on any atom is 0.323 e. The monoisotopic (exact) mass is 355 g/mol. The van der Waals surface area contributed by atoms with E-state index >= 15 is 0 Å². The van der Waals surface area contributed by atoms with Gasteiger partial charge in [0.2, 0.25) is 0 Å². The second-order valence-electron chi connectivity index (χ2n) is 6.73. The maximum absolute atomic E-state index is 12.3. The normalized spacial score (nSPS) is 10.7. The molecule has 27 heavy (non-hydrogen) atoms. The molecule has 0 saturated carbocycles. The van der Waals surface area contributed by atoms with Gasteiger partial charge in [-0.25, -0.2) is 4.79 Å². The Hall–Kier alpha value is -3.53. The van der Waals surface area contributed by atoms with E-state index in [1.165, 1.54) is 10.9 Å². The highest BCUT2D eigenvalue weighted by molar-refractivity contribution is 6.00. The van der Waals surface area contributed by atoms with Crippen LogP contribution in [0, 0.1) is 13.8 Å². The number of aryl methyl sites for hydroxylation is 2. The molecule has 0 fully saturated rings. The van der Waals surface area contributed by atoms with Crippen molar-refractivity contribution in [1.29, 1.82) is 0 Å². The summed E-state index contributed by atoms with van der Waals surface area (Å²) in [5.41, 5.74) is 7.01. The van der Waals surface area contributed by atoms with Gasteiger partial charge in [0.15, 0.2) is 0 Å². The van der Waals surface area contributed by atoms with Gasteiger partial charge in [0.05, 0.1) is 0 Å². The van der Waals surface area contributed by atoms with E-state index in [0.29, 0.717) is 0 Å². The summed E-state index contributed by atoms with van der Waals surface area (Å²) in [6.45, 7) is 4.08. The Bertz CT molecular complexity index is 1090. The predicted octanol–water partition coefficient (Wildman–Crippen LogP) is 6.10. The van der Waals surface area contributed by atoms with Crippen LogP contribution in [0.1, 0.15) is 11.1 Å². The zero-order valence-corrected chi connectivity index (χ0v) is 15.3. The van der Waals surface area contributed by atoms with Crippen LogP contribution in [0.15, 0.2) is 72.8 Å². The van der Waals surface area contributed by atoms with Crippen LogP contribution in [0.25, 0.3) is 22.2 Å². The molecule has 0 saturated heterocycles. The number of carbonyl (C=O) groups is 1. The molecule has 134 valence electrons. The van der Waals surface area contributed by atoms with Crippen molar-refractivity contribution in [2.24, 2.45) is 0 Å². The minimum absolute atomic E-state index is 0.257. The number of para-hydroxylation sites is 1. The number of hydrogen-bond acceptors (Lipinski definition) is 1. The van der Waals surface area contributed by atoms with Crippen molar-refractivity contribution in [3.05, 3.63) is 83.9 Å². The fraction of sp³-hybridized carbons (Fsp3) is 0.0870. The van der Waals surface area contributed by atoms with Gasteiger partial charge >= 0.3 is 6.03 Å². The molecule has 0 radical (unpaired) electrons. The summed E-state index contributed by atoms with van der Waals surface area (Å²) < 4.78 is 0. The number of aromatic nitrogens is 1. The van der Waals surface area contributed by atoms with Crippen molar-refractivity contribution in [2.75, 3.05) is 10.6 Å². The molecule has 0 atom stereocenters. The maximum atomic E-state index is 12.3. The standard InChI is InChI=1S/C23H21N3O/c1-15-10-11-20(12-16(15)2)25-23(27)24-19-8-5-7-17(13-19)22-14-18-6-3-4-9-21(18)26-22/h3-14,26H,1-2H3,(H2,24,25,27). The molecule has 0 aliphatic heterocycles. The highest BCUT2D eigenvalue weighted by Gasteiger charge is 2.07. The first-order valence-corrected chi connectivity index (χ1v) is 8.92. The van der Waals surface area contributed by atoms with Crippen molar-refractivity contribution >= 4 is 28.3 Å². The van der Waals surface area contributed by atoms with Gasteiger partial charge in [-0.1, -0.05) is 36.4 Å². The second kappa shape index (κ2) is 7.00. The third kappa shape index (κ3) is 3.70. The lowest BCUT2D eigenvalue weighted by Gasteiger charge is -2.10. The van der Waals surface area contributed by atoms with Crippen LogP contribution in [0.4, 0.5) is 16.2 Å². The topological polar surface area (TPSA) is 56.9 Å². The van der Waals surface area contributed by atoms with Crippen molar-refractivity contribution < 1.29 is 4.79 Å². The third-order valence-electron chi connectivity index (χ3n) is 4.73. The average molecular weight is 355 g/mol. The first kappa shape index (κ1) is 16.9. The number of anilines is 2. The van der Waals surface area contributed by atoms with Crippen LogP contribution in [-0.4, -0.2) is 11.0 Å². The van der Waals surface area contributed by atoms with Crippen LogP contribution >= 0.6 is 0 Å². The summed E-state index contributed by atoms with van der Waals surface area (Å²) in [5, 5.41) is 6.95. The molecule has 0 unspecified atom stereocenters. The molecule has 4 aromatic rings. The Morgan fingerprint density at radius 2 is 1.56 bits per heavy atom. The lowest BCUT2D eigenvalue weighted by molar-refractivity contribution is 0.262. The van der Waals surface area contributed by atoms with Gasteiger partial charge in [-0.2, -0.15) is 0 Å². The molecule has 0 aliphatic carbocycles. The van der Waals surface area contributed by atoms with E-state index in [1.807, 2.05) is 61.5 Å². The number of aromatic amines is 1. The molecule has 4 nitrogen and oxygen atoms in total. The second-order valence-corrected chi connectivity index (χ2v) is 6.73. The van der Waals surface area contributed by atoms with Crippen molar-refractivity contribution in [1.82, 2.24) is 4.98 Å². The summed E-state index contributed by atoms with van der Waals surface area (Å²) >= 11 is 0. The summed E-state index contributed by atoms with van der Waals surface area (Å²) in [6.07, 6.45) is 0. The number of nitrogens with one attached hydrogen (secondary N) is 3. The molecular formula is C23H21N3O. The number of hydrogen-bond donors (Lipinski definition) is 3. The van der Waals surface area contributed by atoms with Gasteiger partial charge in [0, 0.05) is 33.5 Å². The quantitative estimate of drug-likeness (QED) is 0.409. The number of fused-ring (bicyclic) bond motifs is 1. The van der Waals surface area contributed by atoms with E-state index in [9.17, 15) is 4.79 Å². The minimum atomic E-state index is -0.257. The SMILES string of the molecule is Cc1ccc(NC(=O)Nc2cccc(-c3cc4ccccc4[nH]3)c2)cc1C. The molecule has 3 N–H and O–H groups in total. The highest BCUT2D eigenvalue weighted by atomic mass is 16.2. The van der Waals surface area contributed by atoms with Crippen LogP contribution in [-0.2, 0) is 0 Å². The number of amides is 2. The van der Waals surface area contributed by atoms with E-state index in [1.54, 1.807) is 0 Å². The lowest BCUT2D eigenvalue weighted by Crippen LogP contribution is -2.19. The Morgan fingerprint density at radius 1 is 0.778 bits per heavy atom. The van der Waals surface area contributed by atoms with Gasteiger partial charge < -0.3 is 15.6 Å². The first-order chi connectivity index (χ1) is 13.1. The molecule has 1 heterocycles. The predicted molar refractivity (Wildman–Crippen MR) is 112 cm³/mol. The molecular weight excluding hydrogens is 334 g/mol.